The molecule has 0 aliphatic rings. The predicted molar refractivity (Wildman–Crippen MR) is 72.1 cm³/mol. The number of aryl methyl sites for hydroxylation is 2. The molecule has 1 heterocycles. The van der Waals surface area contributed by atoms with E-state index in [9.17, 15) is 9.50 Å². The SMILES string of the molecule is CCC(O)(CCc1nccn1C)c1cccc(F)c1. The van der Waals surface area contributed by atoms with Gasteiger partial charge in [-0.1, -0.05) is 19.1 Å². The lowest BCUT2D eigenvalue weighted by Gasteiger charge is -2.27. The van der Waals surface area contributed by atoms with Crippen LogP contribution in [0.3, 0.4) is 0 Å². The molecule has 0 spiro atoms. The van der Waals surface area contributed by atoms with E-state index in [1.807, 2.05) is 24.7 Å². The first-order valence-electron chi connectivity index (χ1n) is 6.50. The van der Waals surface area contributed by atoms with E-state index >= 15 is 0 Å². The van der Waals surface area contributed by atoms with Gasteiger partial charge in [-0.25, -0.2) is 9.37 Å². The van der Waals surface area contributed by atoms with Crippen LogP contribution in [0.15, 0.2) is 36.7 Å². The number of benzene rings is 1. The smallest absolute Gasteiger partial charge is 0.123 e. The molecule has 0 aliphatic carbocycles. The van der Waals surface area contributed by atoms with Crippen molar-refractivity contribution < 1.29 is 9.50 Å². The van der Waals surface area contributed by atoms with Crippen molar-refractivity contribution in [2.45, 2.75) is 31.8 Å². The van der Waals surface area contributed by atoms with Gasteiger partial charge in [0.05, 0.1) is 5.60 Å². The molecule has 2 aromatic rings. The van der Waals surface area contributed by atoms with Crippen molar-refractivity contribution in [2.75, 3.05) is 0 Å². The monoisotopic (exact) mass is 262 g/mol. The van der Waals surface area contributed by atoms with Crippen LogP contribution in [-0.4, -0.2) is 14.7 Å². The molecule has 1 aromatic heterocycles. The number of imidazole rings is 1. The first-order valence-corrected chi connectivity index (χ1v) is 6.50. The minimum Gasteiger partial charge on any atom is -0.385 e. The Labute approximate surface area is 112 Å². The molecule has 1 aromatic carbocycles. The molecular weight excluding hydrogens is 243 g/mol. The molecule has 0 radical (unpaired) electrons. The average Bonchev–Trinajstić information content (AvgIpc) is 2.81. The van der Waals surface area contributed by atoms with Crippen molar-refractivity contribution in [1.29, 1.82) is 0 Å². The second kappa shape index (κ2) is 5.53. The lowest BCUT2D eigenvalue weighted by atomic mass is 9.86. The lowest BCUT2D eigenvalue weighted by molar-refractivity contribution is 0.0227. The van der Waals surface area contributed by atoms with Gasteiger partial charge in [0.15, 0.2) is 0 Å². The first kappa shape index (κ1) is 13.7. The van der Waals surface area contributed by atoms with Gasteiger partial charge in [-0.2, -0.15) is 0 Å². The van der Waals surface area contributed by atoms with Crippen LogP contribution in [0.2, 0.25) is 0 Å². The lowest BCUT2D eigenvalue weighted by Crippen LogP contribution is -2.26. The number of aliphatic hydroxyl groups is 1. The Morgan fingerprint density at radius 1 is 1.42 bits per heavy atom. The minimum atomic E-state index is -1.01. The van der Waals surface area contributed by atoms with Crippen LogP contribution in [-0.2, 0) is 19.1 Å². The topological polar surface area (TPSA) is 38.1 Å². The zero-order chi connectivity index (χ0) is 13.9. The van der Waals surface area contributed by atoms with E-state index in [1.165, 1.54) is 12.1 Å². The second-order valence-electron chi connectivity index (χ2n) is 4.85. The summed E-state index contributed by atoms with van der Waals surface area (Å²) in [5.41, 5.74) is -0.377. The van der Waals surface area contributed by atoms with Gasteiger partial charge in [0.1, 0.15) is 11.6 Å². The van der Waals surface area contributed by atoms with Crippen molar-refractivity contribution in [3.8, 4) is 0 Å². The normalized spacial score (nSPS) is 14.3. The van der Waals surface area contributed by atoms with Crippen molar-refractivity contribution >= 4 is 0 Å². The molecule has 0 aliphatic heterocycles. The predicted octanol–water partition coefficient (Wildman–Crippen LogP) is 2.79. The summed E-state index contributed by atoms with van der Waals surface area (Å²) in [5.74, 6) is 0.602. The summed E-state index contributed by atoms with van der Waals surface area (Å²) >= 11 is 0. The molecule has 4 heteroatoms. The molecule has 3 nitrogen and oxygen atoms in total. The molecule has 0 bridgehead atoms. The van der Waals surface area contributed by atoms with Crippen LogP contribution in [0.25, 0.3) is 0 Å². The molecule has 0 fully saturated rings. The van der Waals surface area contributed by atoms with Crippen molar-refractivity contribution in [3.05, 3.63) is 53.9 Å². The minimum absolute atomic E-state index is 0.318. The highest BCUT2D eigenvalue weighted by atomic mass is 19.1. The maximum atomic E-state index is 13.3. The number of nitrogens with zero attached hydrogens (tertiary/aromatic N) is 2. The number of rotatable bonds is 5. The quantitative estimate of drug-likeness (QED) is 0.899. The molecule has 0 saturated heterocycles. The van der Waals surface area contributed by atoms with Crippen molar-refractivity contribution in [3.63, 3.8) is 0 Å². The summed E-state index contributed by atoms with van der Waals surface area (Å²) in [6.45, 7) is 1.91. The van der Waals surface area contributed by atoms with E-state index < -0.39 is 5.60 Å². The van der Waals surface area contributed by atoms with Crippen LogP contribution in [0.5, 0.6) is 0 Å². The van der Waals surface area contributed by atoms with Gasteiger partial charge in [0.25, 0.3) is 0 Å². The molecule has 102 valence electrons. The second-order valence-corrected chi connectivity index (χ2v) is 4.85. The zero-order valence-corrected chi connectivity index (χ0v) is 11.3. The highest BCUT2D eigenvalue weighted by Crippen LogP contribution is 2.30. The van der Waals surface area contributed by atoms with Crippen LogP contribution in [0, 0.1) is 5.82 Å². The van der Waals surface area contributed by atoms with Crippen LogP contribution >= 0.6 is 0 Å². The third kappa shape index (κ3) is 3.01. The first-order chi connectivity index (χ1) is 9.05. The number of hydrogen-bond donors (Lipinski definition) is 1. The zero-order valence-electron chi connectivity index (χ0n) is 11.3. The summed E-state index contributed by atoms with van der Waals surface area (Å²) in [5, 5.41) is 10.7. The van der Waals surface area contributed by atoms with Gasteiger partial charge in [0.2, 0.25) is 0 Å². The van der Waals surface area contributed by atoms with Gasteiger partial charge in [-0.3, -0.25) is 0 Å². The van der Waals surface area contributed by atoms with Gasteiger partial charge in [-0.15, -0.1) is 0 Å². The third-order valence-corrected chi connectivity index (χ3v) is 3.63. The van der Waals surface area contributed by atoms with E-state index in [2.05, 4.69) is 4.98 Å². The Balaban J connectivity index is 2.16. The van der Waals surface area contributed by atoms with Gasteiger partial charge in [0, 0.05) is 25.9 Å². The molecule has 1 N–H and O–H groups in total. The summed E-state index contributed by atoms with van der Waals surface area (Å²) in [4.78, 5) is 4.24. The molecule has 0 saturated carbocycles. The van der Waals surface area contributed by atoms with E-state index in [0.29, 0.717) is 24.8 Å². The Hall–Kier alpha value is -1.68. The summed E-state index contributed by atoms with van der Waals surface area (Å²) in [6.07, 6.45) is 5.34. The molecular formula is C15H19FN2O. The number of halogens is 1. The standard InChI is InChI=1S/C15H19FN2O/c1-3-15(19,12-5-4-6-13(16)11-12)8-7-14-17-9-10-18(14)2/h4-6,9-11,19H,3,7-8H2,1-2H3. The van der Waals surface area contributed by atoms with Crippen molar-refractivity contribution in [1.82, 2.24) is 9.55 Å². The van der Waals surface area contributed by atoms with E-state index in [-0.39, 0.29) is 5.82 Å². The van der Waals surface area contributed by atoms with Gasteiger partial charge in [-0.05, 0) is 30.5 Å². The average molecular weight is 262 g/mol. The summed E-state index contributed by atoms with van der Waals surface area (Å²) < 4.78 is 15.2. The summed E-state index contributed by atoms with van der Waals surface area (Å²) in [7, 11) is 1.93. The van der Waals surface area contributed by atoms with Crippen LogP contribution in [0.1, 0.15) is 31.2 Å². The number of hydrogen-bond acceptors (Lipinski definition) is 2. The maximum absolute atomic E-state index is 13.3. The fraction of sp³-hybridized carbons (Fsp3) is 0.400. The van der Waals surface area contributed by atoms with Crippen molar-refractivity contribution in [2.24, 2.45) is 7.05 Å². The highest BCUT2D eigenvalue weighted by Gasteiger charge is 2.27. The van der Waals surface area contributed by atoms with E-state index in [4.69, 9.17) is 0 Å². The maximum Gasteiger partial charge on any atom is 0.123 e. The van der Waals surface area contributed by atoms with Gasteiger partial charge >= 0.3 is 0 Å². The molecule has 1 unspecified atom stereocenters. The Morgan fingerprint density at radius 2 is 2.21 bits per heavy atom. The van der Waals surface area contributed by atoms with Crippen LogP contribution < -0.4 is 0 Å². The highest BCUT2D eigenvalue weighted by molar-refractivity contribution is 5.23. The largest absolute Gasteiger partial charge is 0.385 e. The fourth-order valence-electron chi connectivity index (χ4n) is 2.26. The fourth-order valence-corrected chi connectivity index (χ4v) is 2.26. The Morgan fingerprint density at radius 3 is 2.79 bits per heavy atom. The summed E-state index contributed by atoms with van der Waals surface area (Å²) in [6, 6.07) is 6.19. The van der Waals surface area contributed by atoms with Gasteiger partial charge < -0.3 is 9.67 Å². The van der Waals surface area contributed by atoms with E-state index in [0.717, 1.165) is 5.82 Å². The molecule has 1 atom stereocenters. The third-order valence-electron chi connectivity index (χ3n) is 3.63. The van der Waals surface area contributed by atoms with E-state index in [1.54, 1.807) is 18.3 Å². The molecule has 19 heavy (non-hydrogen) atoms. The Bertz CT molecular complexity index is 553. The Kier molecular flexibility index (Phi) is 4.00. The number of aromatic nitrogens is 2. The van der Waals surface area contributed by atoms with Crippen LogP contribution in [0.4, 0.5) is 4.39 Å². The molecule has 2 rings (SSSR count). The molecule has 0 amide bonds.